The fourth-order valence-electron chi connectivity index (χ4n) is 2.85. The van der Waals surface area contributed by atoms with Gasteiger partial charge in [-0.2, -0.15) is 0 Å². The van der Waals surface area contributed by atoms with E-state index in [1.807, 2.05) is 38.1 Å². The lowest BCUT2D eigenvalue weighted by atomic mass is 9.76. The van der Waals surface area contributed by atoms with Crippen molar-refractivity contribution in [1.82, 2.24) is 5.32 Å². The highest BCUT2D eigenvalue weighted by molar-refractivity contribution is 5.84. The Labute approximate surface area is 126 Å². The normalized spacial score (nSPS) is 25.6. The molecule has 0 radical (unpaired) electrons. The molecule has 0 aliphatic carbocycles. The second kappa shape index (κ2) is 6.48. The van der Waals surface area contributed by atoms with E-state index in [4.69, 9.17) is 9.47 Å². The van der Waals surface area contributed by atoms with Crippen LogP contribution in [-0.4, -0.2) is 25.2 Å². The third-order valence-electron chi connectivity index (χ3n) is 4.22. The number of fused-ring (bicyclic) bond motifs is 1. The average Bonchev–Trinajstić information content (AvgIpc) is 2.50. The molecule has 0 amide bonds. The summed E-state index contributed by atoms with van der Waals surface area (Å²) >= 11 is 0. The third-order valence-corrected chi connectivity index (χ3v) is 4.22. The van der Waals surface area contributed by atoms with Gasteiger partial charge in [-0.1, -0.05) is 32.0 Å². The molecule has 0 spiro atoms. The van der Waals surface area contributed by atoms with Crippen molar-refractivity contribution in [1.29, 1.82) is 0 Å². The first-order valence-electron chi connectivity index (χ1n) is 7.73. The molecule has 0 aromatic heterocycles. The van der Waals surface area contributed by atoms with Gasteiger partial charge in [-0.3, -0.25) is 5.32 Å². The molecule has 116 valence electrons. The first kappa shape index (κ1) is 15.8. The van der Waals surface area contributed by atoms with Gasteiger partial charge in [-0.15, -0.1) is 0 Å². The Balaban J connectivity index is 2.54. The van der Waals surface area contributed by atoms with Crippen molar-refractivity contribution >= 4 is 5.97 Å². The van der Waals surface area contributed by atoms with E-state index in [1.54, 1.807) is 0 Å². The Morgan fingerprint density at radius 2 is 2.19 bits per heavy atom. The van der Waals surface area contributed by atoms with Crippen molar-refractivity contribution in [3.8, 4) is 5.75 Å². The van der Waals surface area contributed by atoms with Gasteiger partial charge in [0.25, 0.3) is 0 Å². The number of nitrogens with one attached hydrogen (secondary N) is 1. The Morgan fingerprint density at radius 3 is 2.86 bits per heavy atom. The summed E-state index contributed by atoms with van der Waals surface area (Å²) in [5, 5.41) is 3.52. The molecule has 3 unspecified atom stereocenters. The molecule has 0 saturated heterocycles. The number of carbonyl (C=O) groups is 1. The van der Waals surface area contributed by atoms with Crippen molar-refractivity contribution in [3.05, 3.63) is 29.8 Å². The van der Waals surface area contributed by atoms with Crippen LogP contribution in [0.25, 0.3) is 0 Å². The monoisotopic (exact) mass is 291 g/mol. The van der Waals surface area contributed by atoms with Crippen LogP contribution in [0.3, 0.4) is 0 Å². The molecule has 1 heterocycles. The van der Waals surface area contributed by atoms with Crippen molar-refractivity contribution in [2.24, 2.45) is 5.92 Å². The molecule has 1 aliphatic heterocycles. The van der Waals surface area contributed by atoms with Crippen LogP contribution in [0.1, 0.15) is 39.7 Å². The summed E-state index contributed by atoms with van der Waals surface area (Å²) in [5.74, 6) is 0.549. The Kier molecular flexibility index (Phi) is 4.88. The Bertz CT molecular complexity index is 503. The molecule has 1 aromatic rings. The van der Waals surface area contributed by atoms with Gasteiger partial charge in [-0.05, 0) is 26.3 Å². The molecule has 1 N–H and O–H groups in total. The van der Waals surface area contributed by atoms with E-state index < -0.39 is 5.54 Å². The van der Waals surface area contributed by atoms with E-state index in [0.29, 0.717) is 13.2 Å². The molecule has 0 bridgehead atoms. The van der Waals surface area contributed by atoms with Gasteiger partial charge in [0, 0.05) is 17.5 Å². The maximum Gasteiger partial charge on any atom is 0.331 e. The molecular formula is C17H25NO3. The van der Waals surface area contributed by atoms with E-state index in [2.05, 4.69) is 19.2 Å². The van der Waals surface area contributed by atoms with Gasteiger partial charge in [0.05, 0.1) is 13.2 Å². The smallest absolute Gasteiger partial charge is 0.331 e. The number of hydrogen-bond acceptors (Lipinski definition) is 4. The number of hydrogen-bond donors (Lipinski definition) is 1. The van der Waals surface area contributed by atoms with Gasteiger partial charge in [-0.25, -0.2) is 4.79 Å². The zero-order valence-electron chi connectivity index (χ0n) is 13.3. The van der Waals surface area contributed by atoms with Crippen LogP contribution in [0.15, 0.2) is 24.3 Å². The average molecular weight is 291 g/mol. The minimum absolute atomic E-state index is 0.000417. The molecule has 0 saturated carbocycles. The minimum atomic E-state index is -0.833. The first-order valence-corrected chi connectivity index (χ1v) is 7.73. The van der Waals surface area contributed by atoms with Gasteiger partial charge in [0.15, 0.2) is 5.54 Å². The van der Waals surface area contributed by atoms with Crippen molar-refractivity contribution < 1.29 is 14.3 Å². The summed E-state index contributed by atoms with van der Waals surface area (Å²) in [6.07, 6.45) is 0.941. The highest BCUT2D eigenvalue weighted by atomic mass is 16.5. The maximum absolute atomic E-state index is 12.8. The maximum atomic E-state index is 12.8. The predicted molar refractivity (Wildman–Crippen MR) is 82.3 cm³/mol. The second-order valence-corrected chi connectivity index (χ2v) is 5.69. The number of para-hydroxylation sites is 1. The molecule has 3 atom stereocenters. The zero-order chi connectivity index (χ0) is 15.5. The number of ether oxygens (including phenoxy) is 2. The van der Waals surface area contributed by atoms with Crippen LogP contribution in [0.4, 0.5) is 0 Å². The van der Waals surface area contributed by atoms with E-state index in [1.165, 1.54) is 0 Å². The fourth-order valence-corrected chi connectivity index (χ4v) is 2.85. The van der Waals surface area contributed by atoms with Crippen molar-refractivity contribution in [3.63, 3.8) is 0 Å². The van der Waals surface area contributed by atoms with Gasteiger partial charge in [0.2, 0.25) is 0 Å². The third kappa shape index (κ3) is 2.77. The van der Waals surface area contributed by atoms with E-state index >= 15 is 0 Å². The van der Waals surface area contributed by atoms with Crippen LogP contribution in [0.2, 0.25) is 0 Å². The molecule has 1 aliphatic rings. The standard InChI is InChI=1S/C17H25NO3/c1-5-13(4)18-17(16(19)20-6-2)12(3)11-21-15-10-8-7-9-14(15)17/h7-10,12-13,18H,5-6,11H2,1-4H3. The molecule has 0 fully saturated rings. The predicted octanol–water partition coefficient (Wildman–Crippen LogP) is 2.86. The minimum Gasteiger partial charge on any atom is -0.493 e. The Hall–Kier alpha value is -1.55. The highest BCUT2D eigenvalue weighted by Crippen LogP contribution is 2.41. The summed E-state index contributed by atoms with van der Waals surface area (Å²) in [5.41, 5.74) is 0.0443. The largest absolute Gasteiger partial charge is 0.493 e. The quantitative estimate of drug-likeness (QED) is 0.847. The van der Waals surface area contributed by atoms with Crippen molar-refractivity contribution in [2.75, 3.05) is 13.2 Å². The zero-order valence-corrected chi connectivity index (χ0v) is 13.3. The summed E-state index contributed by atoms with van der Waals surface area (Å²) in [7, 11) is 0. The van der Waals surface area contributed by atoms with Gasteiger partial charge < -0.3 is 9.47 Å². The van der Waals surface area contributed by atoms with Gasteiger partial charge in [0.1, 0.15) is 5.75 Å². The SMILES string of the molecule is CCOC(=O)C1(NC(C)CC)c2ccccc2OCC1C. The Morgan fingerprint density at radius 1 is 1.48 bits per heavy atom. The number of rotatable bonds is 5. The van der Waals surface area contributed by atoms with E-state index in [-0.39, 0.29) is 17.9 Å². The molecule has 1 aromatic carbocycles. The lowest BCUT2D eigenvalue weighted by Gasteiger charge is -2.43. The highest BCUT2D eigenvalue weighted by Gasteiger charge is 2.51. The second-order valence-electron chi connectivity index (χ2n) is 5.69. The number of esters is 1. The van der Waals surface area contributed by atoms with Crippen LogP contribution >= 0.6 is 0 Å². The van der Waals surface area contributed by atoms with Crippen LogP contribution < -0.4 is 10.1 Å². The number of benzene rings is 1. The van der Waals surface area contributed by atoms with Crippen LogP contribution in [0, 0.1) is 5.92 Å². The molecule has 4 heteroatoms. The molecule has 2 rings (SSSR count). The van der Waals surface area contributed by atoms with Gasteiger partial charge >= 0.3 is 5.97 Å². The summed E-state index contributed by atoms with van der Waals surface area (Å²) in [4.78, 5) is 12.8. The van der Waals surface area contributed by atoms with Crippen molar-refractivity contribution in [2.45, 2.75) is 45.7 Å². The molecule has 4 nitrogen and oxygen atoms in total. The summed E-state index contributed by atoms with van der Waals surface area (Å²) in [6.45, 7) is 8.93. The topological polar surface area (TPSA) is 47.6 Å². The molecular weight excluding hydrogens is 266 g/mol. The lowest BCUT2D eigenvalue weighted by Crippen LogP contribution is -2.60. The van der Waals surface area contributed by atoms with Crippen LogP contribution in [0.5, 0.6) is 5.75 Å². The van der Waals surface area contributed by atoms with Crippen LogP contribution in [-0.2, 0) is 15.1 Å². The summed E-state index contributed by atoms with van der Waals surface area (Å²) in [6, 6.07) is 7.94. The van der Waals surface area contributed by atoms with E-state index in [9.17, 15) is 4.79 Å². The fraction of sp³-hybridized carbons (Fsp3) is 0.588. The first-order chi connectivity index (χ1) is 10.1. The van der Waals surface area contributed by atoms with E-state index in [0.717, 1.165) is 17.7 Å². The molecule has 21 heavy (non-hydrogen) atoms. The summed E-state index contributed by atoms with van der Waals surface area (Å²) < 4.78 is 11.2. The lowest BCUT2D eigenvalue weighted by molar-refractivity contribution is -0.156. The number of carbonyl (C=O) groups excluding carboxylic acids is 1.